The first-order valence-electron chi connectivity index (χ1n) is 6.54. The maximum atomic E-state index is 13.8. The summed E-state index contributed by atoms with van der Waals surface area (Å²) >= 11 is 5.89. The Morgan fingerprint density at radius 2 is 1.86 bits per heavy atom. The fraction of sp³-hybridized carbons (Fsp3) is 0.188. The number of aryl methyl sites for hydroxylation is 1. The molecular weight excluding hydrogens is 294 g/mol. The second-order valence-corrected chi connectivity index (χ2v) is 5.26. The van der Waals surface area contributed by atoms with Crippen molar-refractivity contribution in [2.24, 2.45) is 0 Å². The Kier molecular flexibility index (Phi) is 3.64. The number of aromatic nitrogens is 2. The molecule has 0 fully saturated rings. The minimum Gasteiger partial charge on any atom is -0.322 e. The standard InChI is InChI=1S/C16H13ClF2N2/c1-10-2-4-11(5-3-10)9-21-14-7-12(18)6-13(19)16(14)20-15(21)8-17/h2-7H,8-9H2,1H3. The van der Waals surface area contributed by atoms with E-state index < -0.39 is 11.6 Å². The summed E-state index contributed by atoms with van der Waals surface area (Å²) in [7, 11) is 0. The zero-order valence-electron chi connectivity index (χ0n) is 11.4. The maximum Gasteiger partial charge on any atom is 0.153 e. The molecule has 0 unspecified atom stereocenters. The molecule has 0 N–H and O–H groups in total. The van der Waals surface area contributed by atoms with Gasteiger partial charge in [0.15, 0.2) is 5.82 Å². The summed E-state index contributed by atoms with van der Waals surface area (Å²) in [5, 5.41) is 0. The molecule has 3 aromatic rings. The van der Waals surface area contributed by atoms with Gasteiger partial charge in [-0.15, -0.1) is 11.6 Å². The summed E-state index contributed by atoms with van der Waals surface area (Å²) < 4.78 is 29.0. The predicted octanol–water partition coefficient (Wildman–Crippen LogP) is 4.41. The van der Waals surface area contributed by atoms with Gasteiger partial charge in [-0.05, 0) is 18.6 Å². The zero-order chi connectivity index (χ0) is 15.0. The number of hydrogen-bond donors (Lipinski definition) is 0. The lowest BCUT2D eigenvalue weighted by Gasteiger charge is -2.08. The van der Waals surface area contributed by atoms with Crippen molar-refractivity contribution in [2.45, 2.75) is 19.3 Å². The van der Waals surface area contributed by atoms with Crippen molar-refractivity contribution in [3.63, 3.8) is 0 Å². The van der Waals surface area contributed by atoms with Crippen LogP contribution in [0, 0.1) is 18.6 Å². The molecule has 2 aromatic carbocycles. The molecule has 0 saturated heterocycles. The van der Waals surface area contributed by atoms with Crippen molar-refractivity contribution in [3.8, 4) is 0 Å². The van der Waals surface area contributed by atoms with Crippen LogP contribution >= 0.6 is 11.6 Å². The van der Waals surface area contributed by atoms with E-state index in [0.717, 1.165) is 17.2 Å². The van der Waals surface area contributed by atoms with Crippen molar-refractivity contribution in [2.75, 3.05) is 0 Å². The van der Waals surface area contributed by atoms with Crippen LogP contribution in [-0.4, -0.2) is 9.55 Å². The van der Waals surface area contributed by atoms with Crippen LogP contribution in [0.2, 0.25) is 0 Å². The fourth-order valence-electron chi connectivity index (χ4n) is 2.35. The number of hydrogen-bond acceptors (Lipinski definition) is 1. The van der Waals surface area contributed by atoms with Crippen LogP contribution in [0.25, 0.3) is 11.0 Å². The van der Waals surface area contributed by atoms with Crippen molar-refractivity contribution >= 4 is 22.6 Å². The van der Waals surface area contributed by atoms with E-state index >= 15 is 0 Å². The molecule has 1 aromatic heterocycles. The molecule has 1 heterocycles. The van der Waals surface area contributed by atoms with Gasteiger partial charge in [0.2, 0.25) is 0 Å². The predicted molar refractivity (Wildman–Crippen MR) is 79.5 cm³/mol. The number of benzene rings is 2. The number of imidazole rings is 1. The quantitative estimate of drug-likeness (QED) is 0.655. The smallest absolute Gasteiger partial charge is 0.153 e. The van der Waals surface area contributed by atoms with Crippen molar-refractivity contribution in [1.82, 2.24) is 9.55 Å². The van der Waals surface area contributed by atoms with Crippen molar-refractivity contribution in [3.05, 3.63) is 65.0 Å². The highest BCUT2D eigenvalue weighted by atomic mass is 35.5. The van der Waals surface area contributed by atoms with E-state index in [9.17, 15) is 8.78 Å². The molecule has 0 aliphatic rings. The first-order chi connectivity index (χ1) is 10.1. The van der Waals surface area contributed by atoms with E-state index in [1.54, 1.807) is 4.57 Å². The van der Waals surface area contributed by atoms with Gasteiger partial charge in [0.25, 0.3) is 0 Å². The van der Waals surface area contributed by atoms with Gasteiger partial charge in [-0.1, -0.05) is 29.8 Å². The molecule has 0 aliphatic carbocycles. The number of rotatable bonds is 3. The van der Waals surface area contributed by atoms with Crippen molar-refractivity contribution < 1.29 is 8.78 Å². The Morgan fingerprint density at radius 1 is 1.14 bits per heavy atom. The van der Waals surface area contributed by atoms with E-state index in [4.69, 9.17) is 11.6 Å². The normalized spacial score (nSPS) is 11.2. The molecule has 0 atom stereocenters. The largest absolute Gasteiger partial charge is 0.322 e. The summed E-state index contributed by atoms with van der Waals surface area (Å²) in [5.74, 6) is -0.622. The second kappa shape index (κ2) is 5.45. The van der Waals surface area contributed by atoms with Gasteiger partial charge < -0.3 is 4.57 Å². The highest BCUT2D eigenvalue weighted by Gasteiger charge is 2.15. The Morgan fingerprint density at radius 3 is 2.52 bits per heavy atom. The molecule has 0 amide bonds. The minimum atomic E-state index is -0.668. The number of fused-ring (bicyclic) bond motifs is 1. The highest BCUT2D eigenvalue weighted by Crippen LogP contribution is 2.23. The molecule has 0 bridgehead atoms. The number of nitrogens with zero attached hydrogens (tertiary/aromatic N) is 2. The summed E-state index contributed by atoms with van der Waals surface area (Å²) in [6, 6.07) is 10.1. The highest BCUT2D eigenvalue weighted by molar-refractivity contribution is 6.16. The van der Waals surface area contributed by atoms with Crippen LogP contribution in [0.3, 0.4) is 0 Å². The molecule has 108 valence electrons. The van der Waals surface area contributed by atoms with E-state index in [1.165, 1.54) is 6.07 Å². The van der Waals surface area contributed by atoms with Crippen LogP contribution < -0.4 is 0 Å². The molecular formula is C16H13ClF2N2. The van der Waals surface area contributed by atoms with Gasteiger partial charge in [0, 0.05) is 12.6 Å². The molecule has 3 rings (SSSR count). The van der Waals surface area contributed by atoms with Crippen molar-refractivity contribution in [1.29, 1.82) is 0 Å². The Balaban J connectivity index is 2.13. The minimum absolute atomic E-state index is 0.140. The third kappa shape index (κ3) is 2.63. The lowest BCUT2D eigenvalue weighted by Crippen LogP contribution is -2.04. The van der Waals surface area contributed by atoms with Crippen LogP contribution in [-0.2, 0) is 12.4 Å². The van der Waals surface area contributed by atoms with Crippen LogP contribution in [0.4, 0.5) is 8.78 Å². The van der Waals surface area contributed by atoms with Gasteiger partial charge in [-0.3, -0.25) is 0 Å². The van der Waals surface area contributed by atoms with Crippen LogP contribution in [0.5, 0.6) is 0 Å². The molecule has 2 nitrogen and oxygen atoms in total. The van der Waals surface area contributed by atoms with Gasteiger partial charge in [0.1, 0.15) is 17.2 Å². The summed E-state index contributed by atoms with van der Waals surface area (Å²) in [6.07, 6.45) is 0. The first kappa shape index (κ1) is 14.0. The van der Waals surface area contributed by atoms with E-state index in [1.807, 2.05) is 31.2 Å². The molecule has 0 radical (unpaired) electrons. The summed E-state index contributed by atoms with van der Waals surface area (Å²) in [5.41, 5.74) is 2.75. The molecule has 5 heteroatoms. The van der Waals surface area contributed by atoms with E-state index in [0.29, 0.717) is 17.9 Å². The summed E-state index contributed by atoms with van der Waals surface area (Å²) in [6.45, 7) is 2.48. The first-order valence-corrected chi connectivity index (χ1v) is 7.07. The fourth-order valence-corrected chi connectivity index (χ4v) is 2.56. The van der Waals surface area contributed by atoms with Gasteiger partial charge in [0.05, 0.1) is 11.4 Å². The van der Waals surface area contributed by atoms with Crippen LogP contribution in [0.15, 0.2) is 36.4 Å². The monoisotopic (exact) mass is 306 g/mol. The lowest BCUT2D eigenvalue weighted by molar-refractivity contribution is 0.590. The average Bonchev–Trinajstić information content (AvgIpc) is 2.80. The van der Waals surface area contributed by atoms with Gasteiger partial charge in [-0.25, -0.2) is 13.8 Å². The van der Waals surface area contributed by atoms with Gasteiger partial charge >= 0.3 is 0 Å². The Bertz CT molecular complexity index is 794. The average molecular weight is 307 g/mol. The molecule has 21 heavy (non-hydrogen) atoms. The topological polar surface area (TPSA) is 17.8 Å². The number of halogens is 3. The molecule has 0 saturated carbocycles. The summed E-state index contributed by atoms with van der Waals surface area (Å²) in [4.78, 5) is 4.17. The molecule has 0 spiro atoms. The maximum absolute atomic E-state index is 13.8. The van der Waals surface area contributed by atoms with Crippen LogP contribution in [0.1, 0.15) is 17.0 Å². The second-order valence-electron chi connectivity index (χ2n) is 4.99. The van der Waals surface area contributed by atoms with E-state index in [2.05, 4.69) is 4.98 Å². The number of alkyl halides is 1. The Hall–Kier alpha value is -1.94. The van der Waals surface area contributed by atoms with Gasteiger partial charge in [-0.2, -0.15) is 0 Å². The zero-order valence-corrected chi connectivity index (χ0v) is 12.2. The Labute approximate surface area is 126 Å². The molecule has 0 aliphatic heterocycles. The third-order valence-electron chi connectivity index (χ3n) is 3.43. The SMILES string of the molecule is Cc1ccc(Cn2c(CCl)nc3c(F)cc(F)cc32)cc1. The lowest BCUT2D eigenvalue weighted by atomic mass is 10.1. The van der Waals surface area contributed by atoms with E-state index in [-0.39, 0.29) is 11.4 Å². The third-order valence-corrected chi connectivity index (χ3v) is 3.67.